The van der Waals surface area contributed by atoms with E-state index in [1.165, 1.54) is 0 Å². The molecule has 33 heavy (non-hydrogen) atoms. The van der Waals surface area contributed by atoms with Crippen molar-refractivity contribution in [2.75, 3.05) is 31.2 Å². The number of ether oxygens (including phenoxy) is 1. The van der Waals surface area contributed by atoms with Gasteiger partial charge in [-0.25, -0.2) is 0 Å². The quantitative estimate of drug-likeness (QED) is 0.538. The predicted octanol–water partition coefficient (Wildman–Crippen LogP) is 4.92. The molecule has 2 aromatic heterocycles. The third kappa shape index (κ3) is 4.68. The van der Waals surface area contributed by atoms with Gasteiger partial charge in [0.25, 0.3) is 5.91 Å². The van der Waals surface area contributed by atoms with E-state index in [0.29, 0.717) is 29.8 Å². The summed E-state index contributed by atoms with van der Waals surface area (Å²) in [4.78, 5) is 21.2. The highest BCUT2D eigenvalue weighted by Gasteiger charge is 2.39. The largest absolute Gasteiger partial charge is 0.378 e. The molecule has 3 aromatic rings. The van der Waals surface area contributed by atoms with E-state index in [9.17, 15) is 4.79 Å². The molecule has 1 saturated heterocycles. The smallest absolute Gasteiger partial charge is 0.262 e. The van der Waals surface area contributed by atoms with E-state index in [1.807, 2.05) is 24.3 Å². The van der Waals surface area contributed by atoms with Crippen LogP contribution in [0.15, 0.2) is 40.9 Å². The van der Waals surface area contributed by atoms with Crippen molar-refractivity contribution >= 4 is 22.2 Å². The van der Waals surface area contributed by atoms with Crippen molar-refractivity contribution in [3.63, 3.8) is 0 Å². The van der Waals surface area contributed by atoms with E-state index in [2.05, 4.69) is 32.5 Å². The third-order valence-corrected chi connectivity index (χ3v) is 7.78. The number of morpholine rings is 1. The molecule has 1 saturated carbocycles. The SMILES string of the molecule is Cc1nc(C2(NC(=O)c3cc(-c4ccccc4)c(N4CCOCC4)s3)CCCCCC2)no1. The summed E-state index contributed by atoms with van der Waals surface area (Å²) in [7, 11) is 0. The number of benzene rings is 1. The van der Waals surface area contributed by atoms with Gasteiger partial charge in [-0.3, -0.25) is 4.79 Å². The Morgan fingerprint density at radius 2 is 1.82 bits per heavy atom. The summed E-state index contributed by atoms with van der Waals surface area (Å²) in [6.07, 6.45) is 6.04. The van der Waals surface area contributed by atoms with Crippen LogP contribution in [0.3, 0.4) is 0 Å². The molecule has 1 aromatic carbocycles. The van der Waals surface area contributed by atoms with Crippen molar-refractivity contribution in [1.29, 1.82) is 0 Å². The van der Waals surface area contributed by atoms with Crippen LogP contribution in [-0.2, 0) is 10.3 Å². The van der Waals surface area contributed by atoms with Gasteiger partial charge in [0.15, 0.2) is 5.82 Å². The molecule has 1 amide bonds. The number of carbonyl (C=O) groups excluding carboxylic acids is 1. The van der Waals surface area contributed by atoms with E-state index in [-0.39, 0.29) is 5.91 Å². The van der Waals surface area contributed by atoms with Crippen LogP contribution in [0, 0.1) is 6.92 Å². The summed E-state index contributed by atoms with van der Waals surface area (Å²) < 4.78 is 10.9. The molecular weight excluding hydrogens is 436 g/mol. The fourth-order valence-electron chi connectivity index (χ4n) is 4.83. The molecule has 0 bridgehead atoms. The number of amides is 1. The van der Waals surface area contributed by atoms with Crippen LogP contribution in [0.2, 0.25) is 0 Å². The van der Waals surface area contributed by atoms with E-state index in [4.69, 9.17) is 9.26 Å². The molecule has 3 heterocycles. The Morgan fingerprint density at radius 1 is 1.09 bits per heavy atom. The first-order chi connectivity index (χ1) is 16.1. The van der Waals surface area contributed by atoms with Gasteiger partial charge in [-0.1, -0.05) is 61.2 Å². The minimum absolute atomic E-state index is 0.0685. The number of aryl methyl sites for hydroxylation is 1. The van der Waals surface area contributed by atoms with Crippen molar-refractivity contribution in [3.8, 4) is 11.1 Å². The van der Waals surface area contributed by atoms with Gasteiger partial charge in [-0.05, 0) is 24.5 Å². The summed E-state index contributed by atoms with van der Waals surface area (Å²) in [6.45, 7) is 4.85. The summed E-state index contributed by atoms with van der Waals surface area (Å²) in [5, 5.41) is 8.71. The second-order valence-electron chi connectivity index (χ2n) is 8.88. The Morgan fingerprint density at radius 3 is 2.48 bits per heavy atom. The number of hydrogen-bond acceptors (Lipinski definition) is 7. The maximum atomic E-state index is 13.7. The number of nitrogens with zero attached hydrogens (tertiary/aromatic N) is 3. The standard InChI is InChI=1S/C25H30N4O3S/c1-18-26-24(28-32-18)25(11-7-2-3-8-12-25)27-22(30)21-17-20(19-9-5-4-6-10-19)23(33-21)29-13-15-31-16-14-29/h4-6,9-10,17H,2-3,7-8,11-16H2,1H3,(H,27,30). The molecule has 0 unspecified atom stereocenters. The normalized spacial score (nSPS) is 18.6. The predicted molar refractivity (Wildman–Crippen MR) is 129 cm³/mol. The van der Waals surface area contributed by atoms with Crippen LogP contribution in [0.4, 0.5) is 5.00 Å². The minimum atomic E-state index is -0.582. The second kappa shape index (κ2) is 9.65. The van der Waals surface area contributed by atoms with Crippen LogP contribution in [0.5, 0.6) is 0 Å². The Labute approximate surface area is 198 Å². The molecule has 2 fully saturated rings. The van der Waals surface area contributed by atoms with E-state index >= 15 is 0 Å². The highest BCUT2D eigenvalue weighted by Crippen LogP contribution is 2.41. The second-order valence-corrected chi connectivity index (χ2v) is 9.91. The average Bonchev–Trinajstić information content (AvgIpc) is 3.43. The molecule has 0 spiro atoms. The van der Waals surface area contributed by atoms with Gasteiger partial charge in [0.2, 0.25) is 5.89 Å². The van der Waals surface area contributed by atoms with Gasteiger partial charge < -0.3 is 19.5 Å². The Bertz CT molecular complexity index is 1080. The Hall–Kier alpha value is -2.71. The van der Waals surface area contributed by atoms with Crippen molar-refractivity contribution in [3.05, 3.63) is 53.0 Å². The van der Waals surface area contributed by atoms with E-state index < -0.39 is 5.54 Å². The molecule has 1 aliphatic carbocycles. The first-order valence-electron chi connectivity index (χ1n) is 11.8. The number of anilines is 1. The van der Waals surface area contributed by atoms with Crippen LogP contribution in [0.25, 0.3) is 11.1 Å². The maximum Gasteiger partial charge on any atom is 0.262 e. The maximum absolute atomic E-state index is 13.7. The van der Waals surface area contributed by atoms with Gasteiger partial charge in [-0.2, -0.15) is 4.98 Å². The monoisotopic (exact) mass is 466 g/mol. The number of hydrogen-bond donors (Lipinski definition) is 1. The van der Waals surface area contributed by atoms with Crippen molar-refractivity contribution < 1.29 is 14.1 Å². The van der Waals surface area contributed by atoms with Gasteiger partial charge in [0.05, 0.1) is 23.1 Å². The zero-order chi connectivity index (χ0) is 22.7. The summed E-state index contributed by atoms with van der Waals surface area (Å²) >= 11 is 1.56. The lowest BCUT2D eigenvalue weighted by Crippen LogP contribution is -2.46. The van der Waals surface area contributed by atoms with Gasteiger partial charge in [0.1, 0.15) is 5.54 Å². The Balaban J connectivity index is 1.49. The highest BCUT2D eigenvalue weighted by molar-refractivity contribution is 7.18. The lowest BCUT2D eigenvalue weighted by Gasteiger charge is -2.30. The lowest BCUT2D eigenvalue weighted by atomic mass is 9.89. The molecule has 1 N–H and O–H groups in total. The molecule has 2 aliphatic rings. The molecule has 174 valence electrons. The minimum Gasteiger partial charge on any atom is -0.378 e. The first-order valence-corrected chi connectivity index (χ1v) is 12.6. The molecule has 8 heteroatoms. The molecule has 5 rings (SSSR count). The van der Waals surface area contributed by atoms with Crippen molar-refractivity contribution in [1.82, 2.24) is 15.5 Å². The molecule has 7 nitrogen and oxygen atoms in total. The fourth-order valence-corrected chi connectivity index (χ4v) is 5.96. The van der Waals surface area contributed by atoms with Gasteiger partial charge in [0, 0.05) is 25.6 Å². The zero-order valence-corrected chi connectivity index (χ0v) is 19.8. The van der Waals surface area contributed by atoms with Crippen molar-refractivity contribution in [2.45, 2.75) is 51.0 Å². The zero-order valence-electron chi connectivity index (χ0n) is 19.0. The average molecular weight is 467 g/mol. The number of nitrogens with one attached hydrogen (secondary N) is 1. The molecular formula is C25H30N4O3S. The van der Waals surface area contributed by atoms with Crippen LogP contribution in [-0.4, -0.2) is 42.4 Å². The topological polar surface area (TPSA) is 80.5 Å². The molecule has 0 atom stereocenters. The first kappa shape index (κ1) is 22.1. The van der Waals surface area contributed by atoms with Crippen LogP contribution >= 0.6 is 11.3 Å². The van der Waals surface area contributed by atoms with Crippen LogP contribution in [0.1, 0.15) is 59.9 Å². The molecule has 1 aliphatic heterocycles. The summed E-state index contributed by atoms with van der Waals surface area (Å²) in [6, 6.07) is 12.3. The molecule has 0 radical (unpaired) electrons. The van der Waals surface area contributed by atoms with Crippen molar-refractivity contribution in [2.24, 2.45) is 0 Å². The van der Waals surface area contributed by atoms with E-state index in [0.717, 1.165) is 67.7 Å². The summed E-state index contributed by atoms with van der Waals surface area (Å²) in [5.41, 5.74) is 1.63. The third-order valence-electron chi connectivity index (χ3n) is 6.58. The Kier molecular flexibility index (Phi) is 6.46. The highest BCUT2D eigenvalue weighted by atomic mass is 32.1. The lowest BCUT2D eigenvalue weighted by molar-refractivity contribution is 0.0881. The number of thiophene rings is 1. The van der Waals surface area contributed by atoms with Crippen LogP contribution < -0.4 is 10.2 Å². The van der Waals surface area contributed by atoms with Gasteiger partial charge >= 0.3 is 0 Å². The number of carbonyl (C=O) groups is 1. The summed E-state index contributed by atoms with van der Waals surface area (Å²) in [5.74, 6) is 1.06. The number of aromatic nitrogens is 2. The number of rotatable bonds is 5. The van der Waals surface area contributed by atoms with Gasteiger partial charge in [-0.15, -0.1) is 11.3 Å². The fraction of sp³-hybridized carbons (Fsp3) is 0.480. The van der Waals surface area contributed by atoms with E-state index in [1.54, 1.807) is 18.3 Å².